The summed E-state index contributed by atoms with van der Waals surface area (Å²) >= 11 is 0. The first-order valence-electron chi connectivity index (χ1n) is 15.1. The number of fused-ring (bicyclic) bond motifs is 6. The minimum atomic E-state index is -0.264. The van der Waals surface area contributed by atoms with Crippen LogP contribution < -0.4 is 10.3 Å². The van der Waals surface area contributed by atoms with Crippen LogP contribution in [0, 0.1) is 46.3 Å². The molecule has 0 saturated heterocycles. The molecule has 0 radical (unpaired) electrons. The zero-order valence-corrected chi connectivity index (χ0v) is 23.6. The fourth-order valence-corrected chi connectivity index (χ4v) is 10.1. The molecule has 10 atom stereocenters. The van der Waals surface area contributed by atoms with Crippen molar-refractivity contribution in [1.82, 2.24) is 9.97 Å². The molecule has 1 aromatic carbocycles. The van der Waals surface area contributed by atoms with E-state index < -0.39 is 0 Å². The van der Waals surface area contributed by atoms with Crippen LogP contribution in [0.3, 0.4) is 0 Å². The Bertz CT molecular complexity index is 1240. The summed E-state index contributed by atoms with van der Waals surface area (Å²) in [6.07, 6.45) is 10.1. The zero-order valence-electron chi connectivity index (χ0n) is 23.6. The Morgan fingerprint density at radius 1 is 1.11 bits per heavy atom. The summed E-state index contributed by atoms with van der Waals surface area (Å²) in [5.41, 5.74) is 0.820. The van der Waals surface area contributed by atoms with Crippen molar-refractivity contribution in [3.63, 3.8) is 0 Å². The number of nitrogens with one attached hydrogen (secondary N) is 1. The first-order chi connectivity index (χ1) is 18.1. The van der Waals surface area contributed by atoms with Gasteiger partial charge < -0.3 is 19.9 Å². The third-order valence-electron chi connectivity index (χ3n) is 12.3. The number of hydrogen-bond donors (Lipinski definition) is 3. The molecule has 2 aromatic rings. The average molecular weight is 523 g/mol. The summed E-state index contributed by atoms with van der Waals surface area (Å²) in [6.45, 7) is 7.23. The molecule has 3 N–H and O–H groups in total. The second kappa shape index (κ2) is 9.62. The minimum Gasteiger partial charge on any atom is -0.497 e. The highest BCUT2D eigenvalue weighted by molar-refractivity contribution is 5.79. The van der Waals surface area contributed by atoms with Crippen LogP contribution >= 0.6 is 0 Å². The van der Waals surface area contributed by atoms with Crippen LogP contribution in [0.2, 0.25) is 0 Å². The summed E-state index contributed by atoms with van der Waals surface area (Å²) in [4.78, 5) is 20.5. The third kappa shape index (κ3) is 4.04. The Hall–Kier alpha value is -1.92. The van der Waals surface area contributed by atoms with Crippen LogP contribution in [-0.4, -0.2) is 39.5 Å². The zero-order chi connectivity index (χ0) is 26.8. The normalized spacial score (nSPS) is 41.3. The highest BCUT2D eigenvalue weighted by Gasteiger charge is 2.63. The van der Waals surface area contributed by atoms with Crippen molar-refractivity contribution >= 4 is 10.9 Å². The Morgan fingerprint density at radius 3 is 2.71 bits per heavy atom. The van der Waals surface area contributed by atoms with Gasteiger partial charge in [-0.25, -0.2) is 4.98 Å². The van der Waals surface area contributed by atoms with Gasteiger partial charge in [0.1, 0.15) is 11.6 Å². The van der Waals surface area contributed by atoms with Crippen molar-refractivity contribution in [2.45, 2.75) is 97.2 Å². The van der Waals surface area contributed by atoms with Crippen LogP contribution in [-0.2, 0) is 6.42 Å². The number of aromatic amines is 1. The molecule has 6 nitrogen and oxygen atoms in total. The van der Waals surface area contributed by atoms with E-state index in [0.717, 1.165) is 44.3 Å². The number of nitrogens with zero attached hydrogens (tertiary/aromatic N) is 1. The molecule has 4 aliphatic carbocycles. The van der Waals surface area contributed by atoms with Gasteiger partial charge in [0.05, 0.1) is 30.2 Å². The first-order valence-corrected chi connectivity index (χ1v) is 15.1. The lowest BCUT2D eigenvalue weighted by atomic mass is 9.43. The van der Waals surface area contributed by atoms with Crippen LogP contribution in [0.25, 0.3) is 10.9 Å². The van der Waals surface area contributed by atoms with E-state index >= 15 is 0 Å². The second-order valence-corrected chi connectivity index (χ2v) is 13.8. The molecule has 1 heterocycles. The lowest BCUT2D eigenvalue weighted by Crippen LogP contribution is -2.58. The number of aromatic nitrogens is 2. The molecule has 4 fully saturated rings. The number of aliphatic hydroxyl groups is 2. The van der Waals surface area contributed by atoms with E-state index in [0.29, 0.717) is 52.2 Å². The Balaban J connectivity index is 1.18. The minimum absolute atomic E-state index is 0.0429. The summed E-state index contributed by atoms with van der Waals surface area (Å²) < 4.78 is 5.26. The van der Waals surface area contributed by atoms with Crippen LogP contribution in [0.5, 0.6) is 5.75 Å². The number of aliphatic hydroxyl groups excluding tert-OH is 2. The van der Waals surface area contributed by atoms with Crippen molar-refractivity contribution in [2.24, 2.45) is 46.3 Å². The Labute approximate surface area is 226 Å². The summed E-state index contributed by atoms with van der Waals surface area (Å²) in [5, 5.41) is 22.7. The number of aryl methyl sites for hydroxylation is 1. The molecule has 4 aliphatic rings. The molecule has 208 valence electrons. The standard InChI is InChI=1S/C32H46N2O4/c1-18(5-12-29-33-27-11-7-21(38-4)16-23(27)30(37)34-29)24-9-10-25-22-8-6-19-15-20(35)13-14-31(19,2)26(22)17-28(36)32(24,25)3/h7,11,16,18-20,22,24-26,28,35-36H,5-6,8-10,12-15,17H2,1-4H3,(H,33,34,37)/t18-,19-,20-,22+,24-,25+,26?,28+,31+,32-/m1/s1. The predicted molar refractivity (Wildman–Crippen MR) is 149 cm³/mol. The van der Waals surface area contributed by atoms with E-state index in [9.17, 15) is 15.0 Å². The van der Waals surface area contributed by atoms with Crippen molar-refractivity contribution in [2.75, 3.05) is 7.11 Å². The maximum absolute atomic E-state index is 12.7. The molecule has 4 saturated carbocycles. The number of methoxy groups -OCH3 is 1. The smallest absolute Gasteiger partial charge is 0.258 e. The van der Waals surface area contributed by atoms with E-state index in [1.807, 2.05) is 12.1 Å². The highest BCUT2D eigenvalue weighted by Crippen LogP contribution is 2.68. The summed E-state index contributed by atoms with van der Waals surface area (Å²) in [5.74, 6) is 4.82. The second-order valence-electron chi connectivity index (χ2n) is 13.8. The molecule has 6 rings (SSSR count). The van der Waals surface area contributed by atoms with E-state index in [1.165, 1.54) is 25.7 Å². The van der Waals surface area contributed by atoms with Crippen LogP contribution in [0.1, 0.15) is 84.4 Å². The molecule has 1 aromatic heterocycles. The monoisotopic (exact) mass is 522 g/mol. The van der Waals surface area contributed by atoms with E-state index in [2.05, 4.69) is 25.8 Å². The van der Waals surface area contributed by atoms with Gasteiger partial charge in [-0.2, -0.15) is 0 Å². The molecule has 38 heavy (non-hydrogen) atoms. The third-order valence-corrected chi connectivity index (χ3v) is 12.3. The van der Waals surface area contributed by atoms with Gasteiger partial charge in [0.2, 0.25) is 0 Å². The lowest BCUT2D eigenvalue weighted by Gasteiger charge is -2.62. The van der Waals surface area contributed by atoms with E-state index in [4.69, 9.17) is 9.72 Å². The number of rotatable bonds is 5. The van der Waals surface area contributed by atoms with Gasteiger partial charge >= 0.3 is 0 Å². The van der Waals surface area contributed by atoms with Gasteiger partial charge in [-0.1, -0.05) is 20.8 Å². The predicted octanol–water partition coefficient (Wildman–Crippen LogP) is 5.49. The molecule has 0 amide bonds. The quantitative estimate of drug-likeness (QED) is 0.483. The number of benzene rings is 1. The van der Waals surface area contributed by atoms with Crippen LogP contribution in [0.15, 0.2) is 23.0 Å². The van der Waals surface area contributed by atoms with E-state index in [-0.39, 0.29) is 28.6 Å². The number of H-pyrrole nitrogens is 1. The lowest BCUT2D eigenvalue weighted by molar-refractivity contribution is -0.174. The van der Waals surface area contributed by atoms with Gasteiger partial charge in [-0.3, -0.25) is 4.79 Å². The molecule has 0 spiro atoms. The molecule has 6 heteroatoms. The molecule has 0 aliphatic heterocycles. The fourth-order valence-electron chi connectivity index (χ4n) is 10.1. The van der Waals surface area contributed by atoms with Gasteiger partial charge in [-0.15, -0.1) is 0 Å². The van der Waals surface area contributed by atoms with Gasteiger partial charge in [0, 0.05) is 6.42 Å². The first kappa shape index (κ1) is 26.3. The van der Waals surface area contributed by atoms with Gasteiger partial charge in [0.25, 0.3) is 5.56 Å². The average Bonchev–Trinajstić information content (AvgIpc) is 3.27. The van der Waals surface area contributed by atoms with Crippen LogP contribution in [0.4, 0.5) is 0 Å². The Morgan fingerprint density at radius 2 is 1.92 bits per heavy atom. The highest BCUT2D eigenvalue weighted by atomic mass is 16.5. The van der Waals surface area contributed by atoms with Crippen molar-refractivity contribution in [3.8, 4) is 5.75 Å². The fraction of sp³-hybridized carbons (Fsp3) is 0.750. The largest absolute Gasteiger partial charge is 0.497 e. The molecule has 0 bridgehead atoms. The number of hydrogen-bond acceptors (Lipinski definition) is 5. The van der Waals surface area contributed by atoms with Crippen molar-refractivity contribution in [1.29, 1.82) is 0 Å². The SMILES string of the molecule is COc1ccc2nc(CC[C@@H](C)[C@H]3CC[C@H]4[C@@H]5CC[C@@H]6C[C@H](O)CC[C@]6(C)C5C[C@H](O)[C@]34C)[nH]c(=O)c2c1. The molecule has 1 unspecified atom stereocenters. The summed E-state index contributed by atoms with van der Waals surface area (Å²) in [7, 11) is 1.60. The maximum Gasteiger partial charge on any atom is 0.258 e. The maximum atomic E-state index is 12.7. The van der Waals surface area contributed by atoms with Crippen molar-refractivity contribution < 1.29 is 14.9 Å². The molecular weight excluding hydrogens is 476 g/mol. The Kier molecular flexibility index (Phi) is 6.66. The van der Waals surface area contributed by atoms with Gasteiger partial charge in [-0.05, 0) is 122 Å². The molecular formula is C32H46N2O4. The number of ether oxygens (including phenoxy) is 1. The summed E-state index contributed by atoms with van der Waals surface area (Å²) in [6, 6.07) is 5.45. The van der Waals surface area contributed by atoms with Gasteiger partial charge in [0.15, 0.2) is 0 Å². The van der Waals surface area contributed by atoms with Crippen molar-refractivity contribution in [3.05, 3.63) is 34.4 Å². The van der Waals surface area contributed by atoms with E-state index in [1.54, 1.807) is 13.2 Å². The topological polar surface area (TPSA) is 95.4 Å².